The SMILES string of the molecule is Cc1ccc(NC(=O)CN2CCN(Cc3nc(-c4cccc(C(F)(F)F)c4)no3)CC2)cc1F. The molecule has 1 saturated heterocycles. The number of carbonyl (C=O) groups is 1. The van der Waals surface area contributed by atoms with Crippen molar-refractivity contribution in [3.63, 3.8) is 0 Å². The standard InChI is InChI=1S/C23H23F4N5O2/c1-15-5-6-18(12-19(15)24)28-20(33)13-31-7-9-32(10-8-31)14-21-29-22(30-34-21)16-3-2-4-17(11-16)23(25,26)27/h2-6,11-12H,7-10,13-14H2,1H3,(H,28,33). The highest BCUT2D eigenvalue weighted by Gasteiger charge is 2.31. The van der Waals surface area contributed by atoms with E-state index in [4.69, 9.17) is 4.52 Å². The second kappa shape index (κ2) is 9.90. The quantitative estimate of drug-likeness (QED) is 0.542. The number of anilines is 1. The summed E-state index contributed by atoms with van der Waals surface area (Å²) in [7, 11) is 0. The summed E-state index contributed by atoms with van der Waals surface area (Å²) in [5.74, 6) is -0.188. The predicted octanol–water partition coefficient (Wildman–Crippen LogP) is 3.96. The van der Waals surface area contributed by atoms with Gasteiger partial charge in [-0.15, -0.1) is 0 Å². The van der Waals surface area contributed by atoms with E-state index in [-0.39, 0.29) is 29.7 Å². The van der Waals surface area contributed by atoms with Crippen molar-refractivity contribution in [2.24, 2.45) is 0 Å². The Balaban J connectivity index is 1.26. The number of amides is 1. The van der Waals surface area contributed by atoms with E-state index < -0.39 is 11.7 Å². The monoisotopic (exact) mass is 477 g/mol. The third-order valence-corrected chi connectivity index (χ3v) is 5.56. The Labute approximate surface area is 193 Å². The highest BCUT2D eigenvalue weighted by atomic mass is 19.4. The van der Waals surface area contributed by atoms with Gasteiger partial charge < -0.3 is 9.84 Å². The lowest BCUT2D eigenvalue weighted by atomic mass is 10.1. The third kappa shape index (κ3) is 5.97. The molecule has 0 bridgehead atoms. The molecule has 180 valence electrons. The van der Waals surface area contributed by atoms with E-state index in [0.29, 0.717) is 49.9 Å². The molecule has 0 atom stereocenters. The van der Waals surface area contributed by atoms with Crippen molar-refractivity contribution in [2.75, 3.05) is 38.0 Å². The number of alkyl halides is 3. The fourth-order valence-electron chi connectivity index (χ4n) is 3.64. The first kappa shape index (κ1) is 23.8. The molecule has 1 fully saturated rings. The lowest BCUT2D eigenvalue weighted by molar-refractivity contribution is -0.137. The number of halogens is 4. The van der Waals surface area contributed by atoms with Crippen LogP contribution in [0.25, 0.3) is 11.4 Å². The van der Waals surface area contributed by atoms with Gasteiger partial charge in [-0.1, -0.05) is 23.4 Å². The van der Waals surface area contributed by atoms with E-state index in [1.54, 1.807) is 19.1 Å². The van der Waals surface area contributed by atoms with E-state index in [1.165, 1.54) is 18.2 Å². The zero-order valence-corrected chi connectivity index (χ0v) is 18.4. The smallest absolute Gasteiger partial charge is 0.338 e. The van der Waals surface area contributed by atoms with Crippen molar-refractivity contribution < 1.29 is 26.9 Å². The van der Waals surface area contributed by atoms with E-state index in [1.807, 2.05) is 4.90 Å². The summed E-state index contributed by atoms with van der Waals surface area (Å²) in [6, 6.07) is 9.35. The van der Waals surface area contributed by atoms with Crippen molar-refractivity contribution in [2.45, 2.75) is 19.6 Å². The van der Waals surface area contributed by atoms with Gasteiger partial charge >= 0.3 is 6.18 Å². The van der Waals surface area contributed by atoms with E-state index in [0.717, 1.165) is 12.1 Å². The molecule has 2 heterocycles. The Morgan fingerprint density at radius 3 is 2.53 bits per heavy atom. The first-order chi connectivity index (χ1) is 16.2. The first-order valence-corrected chi connectivity index (χ1v) is 10.7. The molecule has 1 aliphatic rings. The topological polar surface area (TPSA) is 74.5 Å². The molecule has 0 saturated carbocycles. The van der Waals surface area contributed by atoms with Crippen LogP contribution < -0.4 is 5.32 Å². The van der Waals surface area contributed by atoms with Crippen LogP contribution in [-0.4, -0.2) is 58.6 Å². The maximum Gasteiger partial charge on any atom is 0.416 e. The number of rotatable bonds is 6. The van der Waals surface area contributed by atoms with Gasteiger partial charge in [-0.25, -0.2) is 4.39 Å². The zero-order valence-electron chi connectivity index (χ0n) is 18.4. The van der Waals surface area contributed by atoms with Gasteiger partial charge in [-0.2, -0.15) is 18.2 Å². The van der Waals surface area contributed by atoms with Crippen LogP contribution in [-0.2, 0) is 17.5 Å². The number of piperazine rings is 1. The van der Waals surface area contributed by atoms with Crippen LogP contribution in [0.1, 0.15) is 17.0 Å². The molecule has 34 heavy (non-hydrogen) atoms. The number of carbonyl (C=O) groups excluding carboxylic acids is 1. The predicted molar refractivity (Wildman–Crippen MR) is 116 cm³/mol. The summed E-state index contributed by atoms with van der Waals surface area (Å²) in [6.07, 6.45) is -4.45. The van der Waals surface area contributed by atoms with Crippen molar-refractivity contribution >= 4 is 11.6 Å². The average Bonchev–Trinajstić information content (AvgIpc) is 3.26. The van der Waals surface area contributed by atoms with Gasteiger partial charge in [-0.3, -0.25) is 14.6 Å². The number of nitrogens with one attached hydrogen (secondary N) is 1. The largest absolute Gasteiger partial charge is 0.416 e. The molecule has 7 nitrogen and oxygen atoms in total. The number of hydrogen-bond donors (Lipinski definition) is 1. The van der Waals surface area contributed by atoms with Gasteiger partial charge in [0.05, 0.1) is 18.7 Å². The molecule has 2 aromatic carbocycles. The van der Waals surface area contributed by atoms with Gasteiger partial charge in [0, 0.05) is 37.4 Å². The minimum Gasteiger partial charge on any atom is -0.338 e. The van der Waals surface area contributed by atoms with Gasteiger partial charge in [0.2, 0.25) is 17.6 Å². The number of aromatic nitrogens is 2. The Kier molecular flexibility index (Phi) is 6.94. The van der Waals surface area contributed by atoms with Crippen LogP contribution in [0.2, 0.25) is 0 Å². The van der Waals surface area contributed by atoms with E-state index in [9.17, 15) is 22.4 Å². The highest BCUT2D eigenvalue weighted by Crippen LogP contribution is 2.31. The molecule has 0 unspecified atom stereocenters. The van der Waals surface area contributed by atoms with Crippen LogP contribution in [0.15, 0.2) is 47.0 Å². The van der Waals surface area contributed by atoms with Crippen molar-refractivity contribution in [3.8, 4) is 11.4 Å². The van der Waals surface area contributed by atoms with Gasteiger partial charge in [0.1, 0.15) is 5.82 Å². The molecule has 4 rings (SSSR count). The number of hydrogen-bond acceptors (Lipinski definition) is 6. The van der Waals surface area contributed by atoms with Crippen LogP contribution in [0, 0.1) is 12.7 Å². The Hall–Kier alpha value is -3.31. The summed E-state index contributed by atoms with van der Waals surface area (Å²) in [5.41, 5.74) is 0.384. The second-order valence-corrected chi connectivity index (χ2v) is 8.15. The van der Waals surface area contributed by atoms with Gasteiger partial charge in [-0.05, 0) is 36.8 Å². The number of nitrogens with zero attached hydrogens (tertiary/aromatic N) is 4. The summed E-state index contributed by atoms with van der Waals surface area (Å²) in [4.78, 5) is 20.6. The molecule has 0 radical (unpaired) electrons. The van der Waals surface area contributed by atoms with E-state index in [2.05, 4.69) is 20.4 Å². The summed E-state index contributed by atoms with van der Waals surface area (Å²) in [5, 5.41) is 6.51. The van der Waals surface area contributed by atoms with Crippen LogP contribution in [0.5, 0.6) is 0 Å². The summed E-state index contributed by atoms with van der Waals surface area (Å²) in [6.45, 7) is 4.75. The van der Waals surface area contributed by atoms with Crippen molar-refractivity contribution in [3.05, 3.63) is 65.3 Å². The number of aryl methyl sites for hydroxylation is 1. The fraction of sp³-hybridized carbons (Fsp3) is 0.348. The molecule has 1 amide bonds. The maximum absolute atomic E-state index is 13.6. The fourth-order valence-corrected chi connectivity index (χ4v) is 3.64. The maximum atomic E-state index is 13.6. The molecule has 1 N–H and O–H groups in total. The third-order valence-electron chi connectivity index (χ3n) is 5.56. The molecule has 0 aliphatic carbocycles. The normalized spacial score (nSPS) is 15.4. The molecule has 3 aromatic rings. The van der Waals surface area contributed by atoms with Crippen LogP contribution >= 0.6 is 0 Å². The lowest BCUT2D eigenvalue weighted by Gasteiger charge is -2.33. The van der Waals surface area contributed by atoms with Crippen LogP contribution in [0.3, 0.4) is 0 Å². The van der Waals surface area contributed by atoms with Crippen molar-refractivity contribution in [1.82, 2.24) is 19.9 Å². The molecule has 1 aromatic heterocycles. The minimum atomic E-state index is -4.45. The molecular formula is C23H23F4N5O2. The van der Waals surface area contributed by atoms with Gasteiger partial charge in [0.15, 0.2) is 0 Å². The molecular weight excluding hydrogens is 454 g/mol. The van der Waals surface area contributed by atoms with Gasteiger partial charge in [0.25, 0.3) is 0 Å². The average molecular weight is 477 g/mol. The first-order valence-electron chi connectivity index (χ1n) is 10.7. The molecule has 1 aliphatic heterocycles. The zero-order chi connectivity index (χ0) is 24.3. The summed E-state index contributed by atoms with van der Waals surface area (Å²) >= 11 is 0. The number of benzene rings is 2. The second-order valence-electron chi connectivity index (χ2n) is 8.15. The van der Waals surface area contributed by atoms with Crippen molar-refractivity contribution in [1.29, 1.82) is 0 Å². The van der Waals surface area contributed by atoms with E-state index >= 15 is 0 Å². The Morgan fingerprint density at radius 2 is 1.82 bits per heavy atom. The van der Waals surface area contributed by atoms with Crippen LogP contribution in [0.4, 0.5) is 23.2 Å². The molecule has 0 spiro atoms. The summed E-state index contributed by atoms with van der Waals surface area (Å²) < 4.78 is 57.7. The highest BCUT2D eigenvalue weighted by molar-refractivity contribution is 5.92. The Morgan fingerprint density at radius 1 is 1.09 bits per heavy atom. The minimum absolute atomic E-state index is 0.101. The lowest BCUT2D eigenvalue weighted by Crippen LogP contribution is -2.48. The Bertz CT molecular complexity index is 1160. The molecule has 11 heteroatoms.